The molecular weight excluding hydrogens is 278 g/mol. The molecule has 0 amide bonds. The van der Waals surface area contributed by atoms with Gasteiger partial charge >= 0.3 is 0 Å². The minimum atomic E-state index is -4.39. The van der Waals surface area contributed by atoms with Gasteiger partial charge in [-0.25, -0.2) is 22.2 Å². The van der Waals surface area contributed by atoms with Crippen LogP contribution in [-0.4, -0.2) is 13.4 Å². The summed E-state index contributed by atoms with van der Waals surface area (Å²) < 4.78 is 58.8. The van der Waals surface area contributed by atoms with Gasteiger partial charge in [-0.2, -0.15) is 4.39 Å². The Bertz CT molecular complexity index is 491. The SMILES string of the molecule is O=S(=O)(Cl)c1cc(F)nc(C(F)F)c1Cl. The smallest absolute Gasteiger partial charge is 0.217 e. The van der Waals surface area contributed by atoms with Crippen LogP contribution in [0.15, 0.2) is 11.0 Å². The van der Waals surface area contributed by atoms with E-state index in [4.69, 9.17) is 22.3 Å². The van der Waals surface area contributed by atoms with Gasteiger partial charge in [0, 0.05) is 16.7 Å². The van der Waals surface area contributed by atoms with Gasteiger partial charge in [-0.3, -0.25) is 0 Å². The predicted molar refractivity (Wildman–Crippen MR) is 47.2 cm³/mol. The summed E-state index contributed by atoms with van der Waals surface area (Å²) >= 11 is 5.29. The van der Waals surface area contributed by atoms with Gasteiger partial charge in [-0.05, 0) is 0 Å². The highest BCUT2D eigenvalue weighted by molar-refractivity contribution is 8.13. The molecular formula is C6H2Cl2F3NO2S. The lowest BCUT2D eigenvalue weighted by Gasteiger charge is -2.05. The minimum absolute atomic E-state index is 0.372. The van der Waals surface area contributed by atoms with Crippen molar-refractivity contribution in [1.82, 2.24) is 4.98 Å². The molecule has 1 heterocycles. The van der Waals surface area contributed by atoms with Crippen molar-refractivity contribution in [2.75, 3.05) is 0 Å². The van der Waals surface area contributed by atoms with E-state index in [1.807, 2.05) is 0 Å². The van der Waals surface area contributed by atoms with Crippen molar-refractivity contribution in [3.05, 3.63) is 22.7 Å². The van der Waals surface area contributed by atoms with Gasteiger partial charge < -0.3 is 0 Å². The molecule has 0 aliphatic carbocycles. The molecule has 84 valence electrons. The summed E-state index contributed by atoms with van der Waals surface area (Å²) in [6.07, 6.45) is -3.19. The molecule has 0 fully saturated rings. The molecule has 15 heavy (non-hydrogen) atoms. The average molecular weight is 280 g/mol. The Labute approximate surface area is 92.2 Å². The summed E-state index contributed by atoms with van der Waals surface area (Å²) in [5.41, 5.74) is -1.16. The van der Waals surface area contributed by atoms with E-state index in [1.54, 1.807) is 0 Å². The van der Waals surface area contributed by atoms with Gasteiger partial charge in [-0.1, -0.05) is 11.6 Å². The number of aromatic nitrogens is 1. The van der Waals surface area contributed by atoms with Crippen molar-refractivity contribution in [2.24, 2.45) is 0 Å². The summed E-state index contributed by atoms with van der Waals surface area (Å²) in [5, 5.41) is -0.874. The summed E-state index contributed by atoms with van der Waals surface area (Å²) in [5.74, 6) is -1.39. The first kappa shape index (κ1) is 12.5. The zero-order valence-electron chi connectivity index (χ0n) is 6.72. The van der Waals surface area contributed by atoms with E-state index in [0.717, 1.165) is 0 Å². The second kappa shape index (κ2) is 4.15. The van der Waals surface area contributed by atoms with Crippen molar-refractivity contribution in [3.8, 4) is 0 Å². The largest absolute Gasteiger partial charge is 0.281 e. The molecule has 1 aromatic rings. The Kier molecular flexibility index (Phi) is 3.47. The number of alkyl halides is 2. The van der Waals surface area contributed by atoms with Gasteiger partial charge in [0.2, 0.25) is 5.95 Å². The highest BCUT2D eigenvalue weighted by Gasteiger charge is 2.24. The van der Waals surface area contributed by atoms with E-state index in [0.29, 0.717) is 6.07 Å². The molecule has 0 saturated carbocycles. The molecule has 0 aliphatic heterocycles. The lowest BCUT2D eigenvalue weighted by atomic mass is 10.3. The summed E-state index contributed by atoms with van der Waals surface area (Å²) in [6, 6.07) is 0.372. The standard InChI is InChI=1S/C6H2Cl2F3NO2S/c7-4-2(15(8,13)14)1-3(9)12-5(4)6(10)11/h1,6H. The third-order valence-electron chi connectivity index (χ3n) is 1.39. The summed E-state index contributed by atoms with van der Waals surface area (Å²) in [4.78, 5) is 1.85. The highest BCUT2D eigenvalue weighted by atomic mass is 35.7. The Morgan fingerprint density at radius 2 is 1.93 bits per heavy atom. The second-order valence-electron chi connectivity index (χ2n) is 2.38. The van der Waals surface area contributed by atoms with Gasteiger partial charge in [0.25, 0.3) is 15.5 Å². The maximum atomic E-state index is 12.7. The maximum absolute atomic E-state index is 12.7. The third kappa shape index (κ3) is 2.73. The zero-order valence-corrected chi connectivity index (χ0v) is 9.04. The average Bonchev–Trinajstić information content (AvgIpc) is 2.06. The monoisotopic (exact) mass is 279 g/mol. The Hall–Kier alpha value is -0.530. The molecule has 0 bridgehead atoms. The van der Waals surface area contributed by atoms with Gasteiger partial charge in [0.1, 0.15) is 10.6 Å². The van der Waals surface area contributed by atoms with E-state index in [1.165, 1.54) is 0 Å². The third-order valence-corrected chi connectivity index (χ3v) is 3.24. The molecule has 1 aromatic heterocycles. The van der Waals surface area contributed by atoms with Crippen LogP contribution in [0.25, 0.3) is 0 Å². The van der Waals surface area contributed by atoms with Crippen LogP contribution in [0.4, 0.5) is 13.2 Å². The van der Waals surface area contributed by atoms with Crippen LogP contribution in [0.3, 0.4) is 0 Å². The number of halogens is 5. The second-order valence-corrected chi connectivity index (χ2v) is 5.29. The van der Waals surface area contributed by atoms with Crippen LogP contribution in [0.1, 0.15) is 12.1 Å². The first-order chi connectivity index (χ1) is 6.73. The molecule has 1 rings (SSSR count). The fraction of sp³-hybridized carbons (Fsp3) is 0.167. The molecule has 0 unspecified atom stereocenters. The molecule has 0 saturated heterocycles. The molecule has 0 spiro atoms. The first-order valence-electron chi connectivity index (χ1n) is 3.32. The maximum Gasteiger partial charge on any atom is 0.281 e. The van der Waals surface area contributed by atoms with Crippen LogP contribution < -0.4 is 0 Å². The lowest BCUT2D eigenvalue weighted by Crippen LogP contribution is -2.02. The molecule has 0 radical (unpaired) electrons. The number of rotatable bonds is 2. The van der Waals surface area contributed by atoms with E-state index in [9.17, 15) is 21.6 Å². The number of hydrogen-bond acceptors (Lipinski definition) is 3. The van der Waals surface area contributed by atoms with Crippen molar-refractivity contribution >= 4 is 31.3 Å². The quantitative estimate of drug-likeness (QED) is 0.618. The molecule has 0 aliphatic rings. The zero-order chi connectivity index (χ0) is 11.8. The first-order valence-corrected chi connectivity index (χ1v) is 6.01. The fourth-order valence-electron chi connectivity index (χ4n) is 0.816. The number of hydrogen-bond donors (Lipinski definition) is 0. The van der Waals surface area contributed by atoms with Crippen molar-refractivity contribution in [2.45, 2.75) is 11.3 Å². The van der Waals surface area contributed by atoms with Crippen LogP contribution in [-0.2, 0) is 9.05 Å². The van der Waals surface area contributed by atoms with Crippen molar-refractivity contribution in [3.63, 3.8) is 0 Å². The van der Waals surface area contributed by atoms with Crippen LogP contribution in [0.5, 0.6) is 0 Å². The molecule has 0 aromatic carbocycles. The Balaban J connectivity index is 3.56. The van der Waals surface area contributed by atoms with E-state index < -0.39 is 37.0 Å². The van der Waals surface area contributed by atoms with Gasteiger partial charge in [-0.15, -0.1) is 0 Å². The lowest BCUT2D eigenvalue weighted by molar-refractivity contribution is 0.144. The van der Waals surface area contributed by atoms with E-state index in [2.05, 4.69) is 4.98 Å². The summed E-state index contributed by atoms with van der Waals surface area (Å²) in [6.45, 7) is 0. The topological polar surface area (TPSA) is 47.0 Å². The van der Waals surface area contributed by atoms with Crippen molar-refractivity contribution < 1.29 is 21.6 Å². The number of nitrogens with zero attached hydrogens (tertiary/aromatic N) is 1. The van der Waals surface area contributed by atoms with Crippen molar-refractivity contribution in [1.29, 1.82) is 0 Å². The normalized spacial score (nSPS) is 12.1. The van der Waals surface area contributed by atoms with Gasteiger partial charge in [0.15, 0.2) is 0 Å². The predicted octanol–water partition coefficient (Wildman–Crippen LogP) is 2.74. The van der Waals surface area contributed by atoms with E-state index in [-0.39, 0.29) is 0 Å². The Morgan fingerprint density at radius 3 is 2.33 bits per heavy atom. The molecule has 9 heteroatoms. The Morgan fingerprint density at radius 1 is 1.40 bits per heavy atom. The van der Waals surface area contributed by atoms with Crippen LogP contribution >= 0.6 is 22.3 Å². The van der Waals surface area contributed by atoms with Gasteiger partial charge in [0.05, 0.1) is 5.02 Å². The molecule has 0 N–H and O–H groups in total. The summed E-state index contributed by atoms with van der Waals surface area (Å²) in [7, 11) is 0.476. The number of pyridine rings is 1. The van der Waals surface area contributed by atoms with Crippen LogP contribution in [0, 0.1) is 5.95 Å². The van der Waals surface area contributed by atoms with E-state index >= 15 is 0 Å². The highest BCUT2D eigenvalue weighted by Crippen LogP contribution is 2.32. The minimum Gasteiger partial charge on any atom is -0.217 e. The molecule has 3 nitrogen and oxygen atoms in total. The fourth-order valence-corrected chi connectivity index (χ4v) is 2.34. The van der Waals surface area contributed by atoms with Crippen LogP contribution in [0.2, 0.25) is 5.02 Å². The molecule has 0 atom stereocenters.